The molecule has 0 amide bonds. The first kappa shape index (κ1) is 25.7. The lowest BCUT2D eigenvalue weighted by molar-refractivity contribution is -0.137. The molecule has 2 aromatic carbocycles. The van der Waals surface area contributed by atoms with E-state index < -0.39 is 43.4 Å². The number of sulfonamides is 1. The van der Waals surface area contributed by atoms with E-state index >= 15 is 0 Å². The predicted octanol–water partition coefficient (Wildman–Crippen LogP) is 4.21. The average molecular weight is 529 g/mol. The van der Waals surface area contributed by atoms with Crippen LogP contribution in [0.5, 0.6) is 0 Å². The molecule has 0 aromatic heterocycles. The summed E-state index contributed by atoms with van der Waals surface area (Å²) in [5, 5.41) is 0.723. The second-order valence-electron chi connectivity index (χ2n) is 6.66. The molecule has 0 aliphatic rings. The van der Waals surface area contributed by atoms with E-state index in [1.54, 1.807) is 6.92 Å². The van der Waals surface area contributed by atoms with Crippen molar-refractivity contribution in [3.8, 4) is 0 Å². The summed E-state index contributed by atoms with van der Waals surface area (Å²) < 4.78 is 56.8. The van der Waals surface area contributed by atoms with Crippen LogP contribution in [0.3, 0.4) is 0 Å². The number of hydrogen-bond donors (Lipinski definition) is 0. The molecule has 7 nitrogen and oxygen atoms in total. The van der Waals surface area contributed by atoms with Gasteiger partial charge in [0.2, 0.25) is 0 Å². The molecule has 0 spiro atoms. The number of methoxy groups -OCH3 is 1. The molecule has 0 heterocycles. The molecule has 1 atom stereocenters. The monoisotopic (exact) mass is 527 g/mol. The Morgan fingerprint density at radius 1 is 1.00 bits per heavy atom. The van der Waals surface area contributed by atoms with Crippen LogP contribution < -0.4 is 4.31 Å². The first-order valence-corrected chi connectivity index (χ1v) is 13.3. The summed E-state index contributed by atoms with van der Waals surface area (Å²) in [6, 6.07) is 9.03. The van der Waals surface area contributed by atoms with Crippen LogP contribution in [0.2, 0.25) is 15.1 Å². The van der Waals surface area contributed by atoms with Crippen LogP contribution in [0.1, 0.15) is 13.3 Å². The molecule has 0 saturated heterocycles. The molecule has 0 N–H and O–H groups in total. The number of nitrogens with zero attached hydrogens (tertiary/aromatic N) is 1. The molecule has 0 fully saturated rings. The first-order chi connectivity index (χ1) is 14.4. The molecular formula is C19H20Cl3NO6S2. The van der Waals surface area contributed by atoms with E-state index in [0.717, 1.165) is 11.4 Å². The minimum absolute atomic E-state index is 0.0581. The number of rotatable bonds is 9. The quantitative estimate of drug-likeness (QED) is 0.452. The number of sulfone groups is 1. The van der Waals surface area contributed by atoms with Crippen molar-refractivity contribution < 1.29 is 26.4 Å². The molecule has 0 bridgehead atoms. The van der Waals surface area contributed by atoms with Gasteiger partial charge >= 0.3 is 5.97 Å². The van der Waals surface area contributed by atoms with Gasteiger partial charge in [-0.25, -0.2) is 16.8 Å². The van der Waals surface area contributed by atoms with Gasteiger partial charge in [0.1, 0.15) is 5.75 Å². The SMILES string of the molecule is COC(=O)CS(=O)(=O)CCC(C)N(c1cc(Cl)ccc1Cl)S(=O)(=O)c1ccc(Cl)cc1. The van der Waals surface area contributed by atoms with Crippen LogP contribution in [0.4, 0.5) is 5.69 Å². The fourth-order valence-electron chi connectivity index (χ4n) is 2.76. The van der Waals surface area contributed by atoms with Crippen LogP contribution in [-0.4, -0.2) is 47.5 Å². The fourth-order valence-corrected chi connectivity index (χ4v) is 6.33. The molecule has 31 heavy (non-hydrogen) atoms. The zero-order valence-electron chi connectivity index (χ0n) is 16.6. The smallest absolute Gasteiger partial charge is 0.320 e. The Balaban J connectivity index is 2.46. The second kappa shape index (κ2) is 10.4. The Bertz CT molecular complexity index is 1150. The van der Waals surface area contributed by atoms with Crippen LogP contribution in [0.25, 0.3) is 0 Å². The number of hydrogen-bond acceptors (Lipinski definition) is 6. The van der Waals surface area contributed by atoms with E-state index in [2.05, 4.69) is 4.74 Å². The third-order valence-electron chi connectivity index (χ3n) is 4.33. The van der Waals surface area contributed by atoms with Crippen LogP contribution in [0.15, 0.2) is 47.4 Å². The van der Waals surface area contributed by atoms with Gasteiger partial charge < -0.3 is 4.74 Å². The third-order valence-corrected chi connectivity index (χ3v) is 8.61. The number of carbonyl (C=O) groups is 1. The summed E-state index contributed by atoms with van der Waals surface area (Å²) in [4.78, 5) is 11.3. The Morgan fingerprint density at radius 2 is 1.58 bits per heavy atom. The van der Waals surface area contributed by atoms with Crippen molar-refractivity contribution in [2.75, 3.05) is 22.9 Å². The van der Waals surface area contributed by atoms with Gasteiger partial charge in [-0.1, -0.05) is 34.8 Å². The molecule has 0 saturated carbocycles. The number of esters is 1. The number of carbonyl (C=O) groups excluding carboxylic acids is 1. The van der Waals surface area contributed by atoms with Crippen molar-refractivity contribution >= 4 is 66.3 Å². The maximum atomic E-state index is 13.5. The summed E-state index contributed by atoms with van der Waals surface area (Å²) in [7, 11) is -6.88. The topological polar surface area (TPSA) is 97.8 Å². The molecular weight excluding hydrogens is 509 g/mol. The van der Waals surface area contributed by atoms with Crippen LogP contribution >= 0.6 is 34.8 Å². The zero-order valence-corrected chi connectivity index (χ0v) is 20.5. The standard InChI is InChI=1S/C19H20Cl3NO6S2/c1-13(9-10-30(25,26)12-19(24)29-2)23(18-11-15(21)5-8-17(18)22)31(27,28)16-6-3-14(20)4-7-16/h3-8,11,13H,9-10,12H2,1-2H3. The van der Waals surface area contributed by atoms with Gasteiger partial charge in [0.15, 0.2) is 9.84 Å². The van der Waals surface area contributed by atoms with Gasteiger partial charge in [-0.2, -0.15) is 0 Å². The average Bonchev–Trinajstić information content (AvgIpc) is 2.69. The van der Waals surface area contributed by atoms with Crippen molar-refractivity contribution in [3.63, 3.8) is 0 Å². The van der Waals surface area contributed by atoms with Gasteiger partial charge in [0, 0.05) is 16.1 Å². The lowest BCUT2D eigenvalue weighted by Crippen LogP contribution is -2.40. The van der Waals surface area contributed by atoms with E-state index in [1.165, 1.54) is 42.5 Å². The second-order valence-corrected chi connectivity index (χ2v) is 11.9. The first-order valence-electron chi connectivity index (χ1n) is 8.89. The lowest BCUT2D eigenvalue weighted by atomic mass is 10.2. The summed E-state index contributed by atoms with van der Waals surface area (Å²) in [6.07, 6.45) is -0.102. The maximum Gasteiger partial charge on any atom is 0.320 e. The normalized spacial score (nSPS) is 12.9. The molecule has 12 heteroatoms. The summed E-state index contributed by atoms with van der Waals surface area (Å²) in [5.74, 6) is -2.12. The molecule has 0 aliphatic carbocycles. The Hall–Kier alpha value is -1.52. The summed E-state index contributed by atoms with van der Waals surface area (Å²) >= 11 is 18.2. The summed E-state index contributed by atoms with van der Waals surface area (Å²) in [6.45, 7) is 1.54. The number of benzene rings is 2. The van der Waals surface area contributed by atoms with E-state index in [9.17, 15) is 21.6 Å². The van der Waals surface area contributed by atoms with Crippen LogP contribution in [0, 0.1) is 0 Å². The van der Waals surface area contributed by atoms with E-state index in [1.807, 2.05) is 0 Å². The Morgan fingerprint density at radius 3 is 2.16 bits per heavy atom. The van der Waals surface area contributed by atoms with E-state index in [0.29, 0.717) is 5.02 Å². The van der Waals surface area contributed by atoms with Gasteiger partial charge in [0.05, 0.1) is 28.5 Å². The molecule has 2 aromatic rings. The van der Waals surface area contributed by atoms with Crippen molar-refractivity contribution in [2.24, 2.45) is 0 Å². The van der Waals surface area contributed by atoms with Gasteiger partial charge in [-0.15, -0.1) is 0 Å². The highest BCUT2D eigenvalue weighted by Crippen LogP contribution is 2.35. The van der Waals surface area contributed by atoms with E-state index in [-0.39, 0.29) is 27.0 Å². The molecule has 0 aliphatic heterocycles. The minimum Gasteiger partial charge on any atom is -0.468 e. The zero-order chi connectivity index (χ0) is 23.4. The highest BCUT2D eigenvalue weighted by Gasteiger charge is 2.32. The maximum absolute atomic E-state index is 13.5. The fraction of sp³-hybridized carbons (Fsp3) is 0.316. The van der Waals surface area contributed by atoms with Crippen molar-refractivity contribution in [1.82, 2.24) is 0 Å². The molecule has 0 radical (unpaired) electrons. The van der Waals surface area contributed by atoms with Gasteiger partial charge in [-0.3, -0.25) is 9.10 Å². The third kappa shape index (κ3) is 6.73. The Kier molecular flexibility index (Phi) is 8.63. The number of halogens is 3. The summed E-state index contributed by atoms with van der Waals surface area (Å²) in [5.41, 5.74) is 0.0991. The van der Waals surface area contributed by atoms with Crippen molar-refractivity contribution in [3.05, 3.63) is 57.5 Å². The number of anilines is 1. The largest absolute Gasteiger partial charge is 0.468 e. The highest BCUT2D eigenvalue weighted by atomic mass is 35.5. The number of ether oxygens (including phenoxy) is 1. The van der Waals surface area contributed by atoms with Crippen LogP contribution in [-0.2, 0) is 29.4 Å². The van der Waals surface area contributed by atoms with Gasteiger partial charge in [0.25, 0.3) is 10.0 Å². The molecule has 170 valence electrons. The minimum atomic E-state index is -4.16. The molecule has 1 unspecified atom stereocenters. The highest BCUT2D eigenvalue weighted by molar-refractivity contribution is 7.93. The Labute approximate surface area is 196 Å². The molecule has 2 rings (SSSR count). The van der Waals surface area contributed by atoms with E-state index in [4.69, 9.17) is 34.8 Å². The van der Waals surface area contributed by atoms with Crippen molar-refractivity contribution in [2.45, 2.75) is 24.3 Å². The van der Waals surface area contributed by atoms with Crippen molar-refractivity contribution in [1.29, 1.82) is 0 Å². The predicted molar refractivity (Wildman–Crippen MR) is 122 cm³/mol. The van der Waals surface area contributed by atoms with Gasteiger partial charge in [-0.05, 0) is 55.8 Å². The lowest BCUT2D eigenvalue weighted by Gasteiger charge is -2.31.